The van der Waals surface area contributed by atoms with Gasteiger partial charge < -0.3 is 9.64 Å². The summed E-state index contributed by atoms with van der Waals surface area (Å²) in [6.45, 7) is 4.05. The molecule has 0 radical (unpaired) electrons. The maximum absolute atomic E-state index is 12.8. The highest BCUT2D eigenvalue weighted by Gasteiger charge is 2.32. The molecule has 0 saturated carbocycles. The third-order valence-corrected chi connectivity index (χ3v) is 4.57. The smallest absolute Gasteiger partial charge is 0.241 e. The molecule has 2 unspecified atom stereocenters. The highest BCUT2D eigenvalue weighted by molar-refractivity contribution is 5.82. The second kappa shape index (κ2) is 8.13. The van der Waals surface area contributed by atoms with Crippen molar-refractivity contribution in [1.82, 2.24) is 25.5 Å². The normalized spacial score (nSPS) is 19.8. The number of likely N-dealkylation sites (N-methyl/N-ethyl adjacent to an activating group) is 1. The van der Waals surface area contributed by atoms with E-state index in [0.717, 1.165) is 17.7 Å². The molecule has 2 heterocycles. The van der Waals surface area contributed by atoms with E-state index in [1.54, 1.807) is 13.3 Å². The zero-order valence-corrected chi connectivity index (χ0v) is 14.7. The average Bonchev–Trinajstić information content (AvgIpc) is 3.34. The van der Waals surface area contributed by atoms with Crippen molar-refractivity contribution in [3.05, 3.63) is 48.3 Å². The predicted molar refractivity (Wildman–Crippen MR) is 94.9 cm³/mol. The van der Waals surface area contributed by atoms with Crippen LogP contribution in [0.2, 0.25) is 0 Å². The standard InChI is InChI=1S/C18H25N5O2/c1-3-22(11-12-23-10-4-9-19-23)18(24)17-13-16(20-21-17)14-5-7-15(25-2)8-6-14/h4-10,16-17,20-21H,3,11-13H2,1-2H3. The maximum Gasteiger partial charge on any atom is 0.241 e. The summed E-state index contributed by atoms with van der Waals surface area (Å²) in [6, 6.07) is 9.72. The summed E-state index contributed by atoms with van der Waals surface area (Å²) in [7, 11) is 1.65. The first-order chi connectivity index (χ1) is 12.2. The number of amides is 1. The molecule has 7 heteroatoms. The lowest BCUT2D eigenvalue weighted by Gasteiger charge is -2.24. The van der Waals surface area contributed by atoms with Crippen LogP contribution in [0, 0.1) is 0 Å². The van der Waals surface area contributed by atoms with E-state index in [1.165, 1.54) is 0 Å². The van der Waals surface area contributed by atoms with Gasteiger partial charge in [-0.1, -0.05) is 12.1 Å². The van der Waals surface area contributed by atoms with Gasteiger partial charge in [0.15, 0.2) is 0 Å². The van der Waals surface area contributed by atoms with Crippen LogP contribution in [0.4, 0.5) is 0 Å². The van der Waals surface area contributed by atoms with Crippen LogP contribution in [0.15, 0.2) is 42.7 Å². The monoisotopic (exact) mass is 343 g/mol. The van der Waals surface area contributed by atoms with Gasteiger partial charge >= 0.3 is 0 Å². The summed E-state index contributed by atoms with van der Waals surface area (Å²) < 4.78 is 7.03. The molecule has 2 N–H and O–H groups in total. The highest BCUT2D eigenvalue weighted by Crippen LogP contribution is 2.24. The van der Waals surface area contributed by atoms with Crippen LogP contribution < -0.4 is 15.6 Å². The molecular formula is C18H25N5O2. The fourth-order valence-corrected chi connectivity index (χ4v) is 3.07. The quantitative estimate of drug-likeness (QED) is 0.794. The van der Waals surface area contributed by atoms with Gasteiger partial charge in [0.1, 0.15) is 11.8 Å². The van der Waals surface area contributed by atoms with Crippen LogP contribution in [0.25, 0.3) is 0 Å². The van der Waals surface area contributed by atoms with Crippen molar-refractivity contribution in [3.8, 4) is 5.75 Å². The van der Waals surface area contributed by atoms with Crippen molar-refractivity contribution in [2.24, 2.45) is 0 Å². The van der Waals surface area contributed by atoms with Crippen molar-refractivity contribution < 1.29 is 9.53 Å². The topological polar surface area (TPSA) is 71.4 Å². The van der Waals surface area contributed by atoms with E-state index >= 15 is 0 Å². The Bertz CT molecular complexity index is 671. The minimum Gasteiger partial charge on any atom is -0.497 e. The minimum absolute atomic E-state index is 0.115. The van der Waals surface area contributed by atoms with Gasteiger partial charge in [-0.2, -0.15) is 5.10 Å². The van der Waals surface area contributed by atoms with Crippen LogP contribution in [0.1, 0.15) is 24.9 Å². The fraction of sp³-hybridized carbons (Fsp3) is 0.444. The molecule has 1 aromatic heterocycles. The molecule has 1 saturated heterocycles. The summed E-state index contributed by atoms with van der Waals surface area (Å²) in [5.41, 5.74) is 7.52. The second-order valence-corrected chi connectivity index (χ2v) is 6.09. The van der Waals surface area contributed by atoms with Crippen molar-refractivity contribution in [3.63, 3.8) is 0 Å². The van der Waals surface area contributed by atoms with E-state index in [-0.39, 0.29) is 18.0 Å². The Morgan fingerprint density at radius 2 is 2.16 bits per heavy atom. The number of hydrazine groups is 1. The van der Waals surface area contributed by atoms with Crippen molar-refractivity contribution >= 4 is 5.91 Å². The fourth-order valence-electron chi connectivity index (χ4n) is 3.07. The number of aromatic nitrogens is 2. The summed E-state index contributed by atoms with van der Waals surface area (Å²) in [5.74, 6) is 0.955. The summed E-state index contributed by atoms with van der Waals surface area (Å²) in [4.78, 5) is 14.7. The van der Waals surface area contributed by atoms with E-state index in [2.05, 4.69) is 16.0 Å². The third-order valence-electron chi connectivity index (χ3n) is 4.57. The first-order valence-corrected chi connectivity index (χ1v) is 8.62. The largest absolute Gasteiger partial charge is 0.497 e. The average molecular weight is 343 g/mol. The lowest BCUT2D eigenvalue weighted by atomic mass is 10.0. The first-order valence-electron chi connectivity index (χ1n) is 8.62. The van der Waals surface area contributed by atoms with Gasteiger partial charge in [0.25, 0.3) is 0 Å². The van der Waals surface area contributed by atoms with Crippen LogP contribution in [0.5, 0.6) is 5.75 Å². The number of hydrogen-bond acceptors (Lipinski definition) is 5. The number of carbonyl (C=O) groups is 1. The zero-order chi connectivity index (χ0) is 17.6. The van der Waals surface area contributed by atoms with Crippen LogP contribution in [0.3, 0.4) is 0 Å². The Hall–Kier alpha value is -2.38. The summed E-state index contributed by atoms with van der Waals surface area (Å²) >= 11 is 0. The number of carbonyl (C=O) groups excluding carboxylic acids is 1. The molecule has 0 bridgehead atoms. The van der Waals surface area contributed by atoms with Crippen LogP contribution >= 0.6 is 0 Å². The molecule has 7 nitrogen and oxygen atoms in total. The van der Waals surface area contributed by atoms with Gasteiger partial charge in [0.05, 0.1) is 13.7 Å². The number of hydrogen-bond donors (Lipinski definition) is 2. The minimum atomic E-state index is -0.218. The predicted octanol–water partition coefficient (Wildman–Crippen LogP) is 1.35. The second-order valence-electron chi connectivity index (χ2n) is 6.09. The van der Waals surface area contributed by atoms with E-state index in [1.807, 2.05) is 53.0 Å². The van der Waals surface area contributed by atoms with E-state index in [9.17, 15) is 4.79 Å². The van der Waals surface area contributed by atoms with E-state index < -0.39 is 0 Å². The van der Waals surface area contributed by atoms with Gasteiger partial charge in [-0.05, 0) is 37.1 Å². The molecule has 1 aromatic carbocycles. The molecule has 1 aliphatic heterocycles. The maximum atomic E-state index is 12.8. The lowest BCUT2D eigenvalue weighted by molar-refractivity contribution is -0.133. The Kier molecular flexibility index (Phi) is 5.67. The Morgan fingerprint density at radius 3 is 2.80 bits per heavy atom. The van der Waals surface area contributed by atoms with Gasteiger partial charge in [0.2, 0.25) is 5.91 Å². The molecule has 2 atom stereocenters. The number of nitrogens with zero attached hydrogens (tertiary/aromatic N) is 3. The van der Waals surface area contributed by atoms with Gasteiger partial charge in [0, 0.05) is 31.5 Å². The van der Waals surface area contributed by atoms with Gasteiger partial charge in [-0.3, -0.25) is 9.48 Å². The van der Waals surface area contributed by atoms with Crippen LogP contribution in [-0.4, -0.2) is 46.8 Å². The number of ether oxygens (including phenoxy) is 1. The molecule has 1 amide bonds. The third kappa shape index (κ3) is 4.18. The summed E-state index contributed by atoms with van der Waals surface area (Å²) in [5, 5.41) is 4.19. The lowest BCUT2D eigenvalue weighted by Crippen LogP contribution is -2.46. The van der Waals surface area contributed by atoms with Gasteiger partial charge in [-0.15, -0.1) is 0 Å². The highest BCUT2D eigenvalue weighted by atomic mass is 16.5. The molecule has 134 valence electrons. The molecule has 1 fully saturated rings. The Labute approximate surface area is 147 Å². The Balaban J connectivity index is 1.56. The van der Waals surface area contributed by atoms with E-state index in [0.29, 0.717) is 19.6 Å². The van der Waals surface area contributed by atoms with Gasteiger partial charge in [-0.25, -0.2) is 10.9 Å². The van der Waals surface area contributed by atoms with Crippen molar-refractivity contribution in [2.45, 2.75) is 32.0 Å². The molecular weight excluding hydrogens is 318 g/mol. The molecule has 2 aromatic rings. The molecule has 1 aliphatic rings. The van der Waals surface area contributed by atoms with Crippen molar-refractivity contribution in [1.29, 1.82) is 0 Å². The molecule has 3 rings (SSSR count). The number of benzene rings is 1. The SMILES string of the molecule is CCN(CCn1cccn1)C(=O)C1CC(c2ccc(OC)cc2)NN1. The van der Waals surface area contributed by atoms with E-state index in [4.69, 9.17) is 4.74 Å². The Morgan fingerprint density at radius 1 is 1.36 bits per heavy atom. The molecule has 0 aliphatic carbocycles. The van der Waals surface area contributed by atoms with Crippen molar-refractivity contribution in [2.75, 3.05) is 20.2 Å². The number of rotatable bonds is 7. The van der Waals surface area contributed by atoms with Crippen LogP contribution in [-0.2, 0) is 11.3 Å². The molecule has 0 spiro atoms. The summed E-state index contributed by atoms with van der Waals surface area (Å²) in [6.07, 6.45) is 4.39. The zero-order valence-electron chi connectivity index (χ0n) is 14.7. The first kappa shape index (κ1) is 17.4. The number of methoxy groups -OCH3 is 1. The number of nitrogens with one attached hydrogen (secondary N) is 2. The molecule has 25 heavy (non-hydrogen) atoms.